The highest BCUT2D eigenvalue weighted by Crippen LogP contribution is 2.16. The third-order valence-corrected chi connectivity index (χ3v) is 4.59. The topological polar surface area (TPSA) is 114 Å². The van der Waals surface area contributed by atoms with Gasteiger partial charge in [-0.15, -0.1) is 5.10 Å². The van der Waals surface area contributed by atoms with Crippen molar-refractivity contribution in [2.75, 3.05) is 5.32 Å². The molecule has 9 heteroatoms. The molecule has 1 aromatic carbocycles. The van der Waals surface area contributed by atoms with E-state index in [4.69, 9.17) is 0 Å². The van der Waals surface area contributed by atoms with Gasteiger partial charge in [0.15, 0.2) is 5.65 Å². The van der Waals surface area contributed by atoms with Crippen molar-refractivity contribution in [2.24, 2.45) is 0 Å². The van der Waals surface area contributed by atoms with E-state index in [9.17, 15) is 4.79 Å². The summed E-state index contributed by atoms with van der Waals surface area (Å²) in [6, 6.07) is 13.6. The fraction of sp³-hybridized carbons (Fsp3) is 0.100. The van der Waals surface area contributed by atoms with Gasteiger partial charge in [-0.25, -0.2) is 14.6 Å². The molecule has 0 spiro atoms. The van der Waals surface area contributed by atoms with Crippen LogP contribution >= 0.6 is 0 Å². The average Bonchev–Trinajstić information content (AvgIpc) is 3.15. The Balaban J connectivity index is 1.41. The van der Waals surface area contributed by atoms with Crippen molar-refractivity contribution in [1.82, 2.24) is 34.9 Å². The summed E-state index contributed by atoms with van der Waals surface area (Å²) in [5.41, 5.74) is 3.53. The lowest BCUT2D eigenvalue weighted by molar-refractivity contribution is 0.664. The molecular formula is C20H16N8O. The van der Waals surface area contributed by atoms with Crippen molar-refractivity contribution in [1.29, 1.82) is 0 Å². The Kier molecular flexibility index (Phi) is 4.17. The van der Waals surface area contributed by atoms with Gasteiger partial charge in [0, 0.05) is 29.9 Å². The van der Waals surface area contributed by atoms with E-state index in [-0.39, 0.29) is 5.56 Å². The number of aromatic amines is 1. The summed E-state index contributed by atoms with van der Waals surface area (Å²) < 4.78 is 1.71. The van der Waals surface area contributed by atoms with E-state index < -0.39 is 0 Å². The van der Waals surface area contributed by atoms with Crippen LogP contribution in [0.1, 0.15) is 11.1 Å². The van der Waals surface area contributed by atoms with Crippen LogP contribution in [0.3, 0.4) is 0 Å². The minimum absolute atomic E-state index is 0.133. The first-order valence-electron chi connectivity index (χ1n) is 9.07. The maximum atomic E-state index is 11.8. The summed E-state index contributed by atoms with van der Waals surface area (Å²) in [6.07, 6.45) is 4.96. The predicted octanol–water partition coefficient (Wildman–Crippen LogP) is 2.12. The molecule has 142 valence electrons. The maximum absolute atomic E-state index is 11.8. The van der Waals surface area contributed by atoms with E-state index >= 15 is 0 Å². The Morgan fingerprint density at radius 1 is 1.10 bits per heavy atom. The number of hydrogen-bond donors (Lipinski definition) is 2. The summed E-state index contributed by atoms with van der Waals surface area (Å²) in [6.45, 7) is 0.855. The molecule has 29 heavy (non-hydrogen) atoms. The first kappa shape index (κ1) is 17.0. The smallest absolute Gasteiger partial charge is 0.252 e. The number of pyridine rings is 2. The Labute approximate surface area is 164 Å². The van der Waals surface area contributed by atoms with Crippen molar-refractivity contribution >= 4 is 28.0 Å². The van der Waals surface area contributed by atoms with Gasteiger partial charge in [0.2, 0.25) is 5.65 Å². The molecule has 0 aliphatic heterocycles. The van der Waals surface area contributed by atoms with Crippen LogP contribution in [0.2, 0.25) is 0 Å². The lowest BCUT2D eigenvalue weighted by Crippen LogP contribution is -2.15. The molecule has 0 saturated carbocycles. The zero-order valence-electron chi connectivity index (χ0n) is 15.3. The number of nitrogens with one attached hydrogen (secondary N) is 2. The number of nitrogens with zero attached hydrogens (tertiary/aromatic N) is 6. The van der Waals surface area contributed by atoms with Gasteiger partial charge in [0.05, 0.1) is 18.3 Å². The third-order valence-electron chi connectivity index (χ3n) is 4.59. The number of aromatic nitrogens is 7. The van der Waals surface area contributed by atoms with Gasteiger partial charge >= 0.3 is 0 Å². The molecule has 0 radical (unpaired) electrons. The molecule has 9 nitrogen and oxygen atoms in total. The predicted molar refractivity (Wildman–Crippen MR) is 108 cm³/mol. The molecule has 0 aliphatic carbocycles. The average molecular weight is 384 g/mol. The van der Waals surface area contributed by atoms with Crippen molar-refractivity contribution in [3.8, 4) is 0 Å². The van der Waals surface area contributed by atoms with Crippen molar-refractivity contribution in [3.05, 3.63) is 82.5 Å². The van der Waals surface area contributed by atoms with Gasteiger partial charge in [-0.05, 0) is 29.8 Å². The van der Waals surface area contributed by atoms with Gasteiger partial charge in [-0.1, -0.05) is 23.4 Å². The summed E-state index contributed by atoms with van der Waals surface area (Å²) in [4.78, 5) is 27.7. The molecule has 5 rings (SSSR count). The Hall–Kier alpha value is -4.14. The molecule has 0 aliphatic rings. The molecule has 0 atom stereocenters. The van der Waals surface area contributed by atoms with E-state index in [2.05, 4.69) is 41.6 Å². The highest BCUT2D eigenvalue weighted by Gasteiger charge is 2.10. The van der Waals surface area contributed by atoms with Gasteiger partial charge < -0.3 is 10.3 Å². The fourth-order valence-corrected chi connectivity index (χ4v) is 3.12. The number of hydrogen-bond acceptors (Lipinski definition) is 7. The van der Waals surface area contributed by atoms with Crippen LogP contribution < -0.4 is 10.9 Å². The first-order valence-corrected chi connectivity index (χ1v) is 9.07. The lowest BCUT2D eigenvalue weighted by atomic mass is 10.1. The van der Waals surface area contributed by atoms with Crippen LogP contribution in [0.15, 0.2) is 65.8 Å². The normalized spacial score (nSPS) is 11.2. The molecule has 5 aromatic rings. The standard InChI is InChI=1S/C20H16N8O/c29-20-15(4-2-8-22-20)10-23-17-11-24-18-19(25-17)28(27-26-18)12-13-5-6-16-14(9-13)3-1-7-21-16/h1-9,11H,10,12H2,(H,22,29)(H,23,25). The number of anilines is 1. The highest BCUT2D eigenvalue weighted by molar-refractivity contribution is 5.79. The molecular weight excluding hydrogens is 368 g/mol. The van der Waals surface area contributed by atoms with Gasteiger partial charge in [-0.3, -0.25) is 9.78 Å². The second-order valence-electron chi connectivity index (χ2n) is 6.56. The van der Waals surface area contributed by atoms with Crippen LogP contribution in [0.4, 0.5) is 5.82 Å². The maximum Gasteiger partial charge on any atom is 0.252 e. The molecule has 0 unspecified atom stereocenters. The second-order valence-corrected chi connectivity index (χ2v) is 6.56. The Morgan fingerprint density at radius 2 is 2.07 bits per heavy atom. The molecule has 0 saturated heterocycles. The Morgan fingerprint density at radius 3 is 3.00 bits per heavy atom. The van der Waals surface area contributed by atoms with Gasteiger partial charge in [0.25, 0.3) is 5.56 Å². The lowest BCUT2D eigenvalue weighted by Gasteiger charge is -2.06. The number of benzene rings is 1. The number of H-pyrrole nitrogens is 1. The monoisotopic (exact) mass is 384 g/mol. The minimum Gasteiger partial charge on any atom is -0.364 e. The van der Waals surface area contributed by atoms with Crippen LogP contribution in [0.5, 0.6) is 0 Å². The number of fused-ring (bicyclic) bond motifs is 2. The van der Waals surface area contributed by atoms with Crippen LogP contribution in [0.25, 0.3) is 22.2 Å². The van der Waals surface area contributed by atoms with E-state index in [0.29, 0.717) is 35.8 Å². The number of rotatable bonds is 5. The SMILES string of the molecule is O=c1[nH]cccc1CNc1cnc2nnn(Cc3ccc4ncccc4c3)c2n1. The Bertz CT molecular complexity index is 1370. The molecule has 0 fully saturated rings. The van der Waals surface area contributed by atoms with Crippen LogP contribution in [-0.4, -0.2) is 34.9 Å². The summed E-state index contributed by atoms with van der Waals surface area (Å²) in [5.74, 6) is 0.548. The van der Waals surface area contributed by atoms with Crippen LogP contribution in [0, 0.1) is 0 Å². The zero-order valence-corrected chi connectivity index (χ0v) is 15.3. The van der Waals surface area contributed by atoms with Gasteiger partial charge in [0.1, 0.15) is 5.82 Å². The molecule has 4 heterocycles. The molecule has 0 bridgehead atoms. The zero-order chi connectivity index (χ0) is 19.6. The molecule has 0 amide bonds. The fourth-order valence-electron chi connectivity index (χ4n) is 3.12. The summed E-state index contributed by atoms with van der Waals surface area (Å²) in [5, 5.41) is 12.5. The first-order chi connectivity index (χ1) is 14.3. The van der Waals surface area contributed by atoms with E-state index in [1.165, 1.54) is 0 Å². The second kappa shape index (κ2) is 7.12. The van der Waals surface area contributed by atoms with E-state index in [1.54, 1.807) is 35.4 Å². The van der Waals surface area contributed by atoms with Crippen molar-refractivity contribution in [3.63, 3.8) is 0 Å². The van der Waals surface area contributed by atoms with E-state index in [0.717, 1.165) is 16.5 Å². The van der Waals surface area contributed by atoms with Crippen molar-refractivity contribution < 1.29 is 0 Å². The van der Waals surface area contributed by atoms with Crippen LogP contribution in [-0.2, 0) is 13.1 Å². The van der Waals surface area contributed by atoms with E-state index in [1.807, 2.05) is 24.3 Å². The quantitative estimate of drug-likeness (QED) is 0.477. The van der Waals surface area contributed by atoms with Gasteiger partial charge in [-0.2, -0.15) is 0 Å². The summed E-state index contributed by atoms with van der Waals surface area (Å²) >= 11 is 0. The molecule has 2 N–H and O–H groups in total. The third kappa shape index (κ3) is 3.41. The highest BCUT2D eigenvalue weighted by atomic mass is 16.1. The molecule has 4 aromatic heterocycles. The van der Waals surface area contributed by atoms with Crippen molar-refractivity contribution in [2.45, 2.75) is 13.1 Å². The largest absolute Gasteiger partial charge is 0.364 e. The summed E-state index contributed by atoms with van der Waals surface area (Å²) in [7, 11) is 0. The minimum atomic E-state index is -0.133.